The predicted molar refractivity (Wildman–Crippen MR) is 194 cm³/mol. The standard InChI is InChI=1S/C20H35NO5SSi.C16H36N/c1-13(2)28(14(3)4,15(5)6)26-16-11-10-12-17(27(23,24)25)18(16)21-19(22)20(7,8)9;1-5-9-13-17(14-10-6-2,15-11-7-3)16-12-8-4/h10-15H,1-9H3,(H,21,22)(H,23,24,25);5-16H2,1-4H3/q;+1/p-1. The molecular weight excluding hydrogens is 601 g/mol. The molecule has 0 radical (unpaired) electrons. The van der Waals surface area contributed by atoms with Crippen LogP contribution in [0.5, 0.6) is 5.75 Å². The zero-order valence-electron chi connectivity index (χ0n) is 31.3. The molecule has 1 rings (SSSR count). The van der Waals surface area contributed by atoms with Gasteiger partial charge in [0.15, 0.2) is 0 Å². The number of hydrogen-bond donors (Lipinski definition) is 1. The second kappa shape index (κ2) is 20.1. The van der Waals surface area contributed by atoms with Crippen molar-refractivity contribution in [2.24, 2.45) is 5.41 Å². The summed E-state index contributed by atoms with van der Waals surface area (Å²) in [6.07, 6.45) is 11.1. The molecule has 45 heavy (non-hydrogen) atoms. The molecule has 9 heteroatoms. The van der Waals surface area contributed by atoms with Crippen molar-refractivity contribution in [3.63, 3.8) is 0 Å². The second-order valence-corrected chi connectivity index (χ2v) is 21.6. The largest absolute Gasteiger partial charge is 0.744 e. The van der Waals surface area contributed by atoms with E-state index in [4.69, 9.17) is 4.43 Å². The SMILES string of the molecule is CC(C)[Si](Oc1cccc(S(=O)(=O)[O-])c1NC(=O)C(C)(C)C)(C(C)C)C(C)C.CCCC[N+](CCCC)(CCCC)CCCC. The fraction of sp³-hybridized carbons (Fsp3) is 0.806. The van der Waals surface area contributed by atoms with Crippen LogP contribution in [-0.4, -0.2) is 57.9 Å². The monoisotopic (exact) mass is 670 g/mol. The molecule has 7 nitrogen and oxygen atoms in total. The van der Waals surface area contributed by atoms with E-state index in [2.05, 4.69) is 74.6 Å². The fourth-order valence-electron chi connectivity index (χ4n) is 6.42. The third kappa shape index (κ3) is 13.7. The summed E-state index contributed by atoms with van der Waals surface area (Å²) in [5.74, 6) is -0.142. The summed E-state index contributed by atoms with van der Waals surface area (Å²) in [5, 5.41) is 2.64. The first-order valence-corrected chi connectivity index (χ1v) is 21.3. The molecule has 0 aliphatic carbocycles. The molecule has 0 unspecified atom stereocenters. The number of hydrogen-bond acceptors (Lipinski definition) is 5. The van der Waals surface area contributed by atoms with Gasteiger partial charge in [-0.05, 0) is 54.4 Å². The Kier molecular flexibility index (Phi) is 19.4. The summed E-state index contributed by atoms with van der Waals surface area (Å²) in [4.78, 5) is 12.1. The smallest absolute Gasteiger partial charge is 0.258 e. The Morgan fingerprint density at radius 3 is 1.47 bits per heavy atom. The van der Waals surface area contributed by atoms with Crippen LogP contribution >= 0.6 is 0 Å². The number of para-hydroxylation sites is 1. The average molecular weight is 671 g/mol. The van der Waals surface area contributed by atoms with Gasteiger partial charge in [-0.15, -0.1) is 0 Å². The van der Waals surface area contributed by atoms with Crippen molar-refractivity contribution in [1.82, 2.24) is 0 Å². The maximum atomic E-state index is 12.6. The lowest BCUT2D eigenvalue weighted by atomic mass is 9.95. The van der Waals surface area contributed by atoms with Gasteiger partial charge < -0.3 is 18.8 Å². The van der Waals surface area contributed by atoms with Gasteiger partial charge >= 0.3 is 0 Å². The van der Waals surface area contributed by atoms with Crippen LogP contribution in [0.3, 0.4) is 0 Å². The number of anilines is 1. The summed E-state index contributed by atoms with van der Waals surface area (Å²) < 4.78 is 43.6. The number of carbonyl (C=O) groups is 1. The highest BCUT2D eigenvalue weighted by atomic mass is 32.2. The van der Waals surface area contributed by atoms with Crippen LogP contribution in [0.15, 0.2) is 23.1 Å². The zero-order valence-corrected chi connectivity index (χ0v) is 33.2. The number of nitrogens with zero attached hydrogens (tertiary/aromatic N) is 1. The van der Waals surface area contributed by atoms with Crippen LogP contribution in [0, 0.1) is 5.41 Å². The molecule has 0 atom stereocenters. The van der Waals surface area contributed by atoms with E-state index in [9.17, 15) is 17.8 Å². The van der Waals surface area contributed by atoms with Crippen LogP contribution in [0.1, 0.15) is 141 Å². The number of quaternary nitrogens is 1. The predicted octanol–water partition coefficient (Wildman–Crippen LogP) is 10.1. The highest BCUT2D eigenvalue weighted by molar-refractivity contribution is 7.86. The van der Waals surface area contributed by atoms with E-state index >= 15 is 0 Å². The van der Waals surface area contributed by atoms with E-state index in [1.165, 1.54) is 94.2 Å². The third-order valence-electron chi connectivity index (χ3n) is 9.11. The van der Waals surface area contributed by atoms with E-state index in [0.717, 1.165) is 0 Å². The van der Waals surface area contributed by atoms with Gasteiger partial charge in [0.25, 0.3) is 8.32 Å². The Bertz CT molecular complexity index is 1040. The number of benzene rings is 1. The highest BCUT2D eigenvalue weighted by Crippen LogP contribution is 2.45. The number of rotatable bonds is 19. The van der Waals surface area contributed by atoms with Crippen LogP contribution in [0.25, 0.3) is 0 Å². The molecule has 1 N–H and O–H groups in total. The van der Waals surface area contributed by atoms with Crippen molar-refractivity contribution < 1.29 is 26.7 Å². The molecule has 1 aromatic carbocycles. The van der Waals surface area contributed by atoms with Crippen molar-refractivity contribution in [1.29, 1.82) is 0 Å². The van der Waals surface area contributed by atoms with Crippen molar-refractivity contribution in [2.75, 3.05) is 31.5 Å². The number of nitrogens with one attached hydrogen (secondary N) is 1. The van der Waals surface area contributed by atoms with E-state index in [-0.39, 0.29) is 34.0 Å². The minimum atomic E-state index is -4.79. The van der Waals surface area contributed by atoms with Gasteiger partial charge in [0, 0.05) is 5.41 Å². The highest BCUT2D eigenvalue weighted by Gasteiger charge is 2.47. The lowest BCUT2D eigenvalue weighted by molar-refractivity contribution is -0.929. The Labute approximate surface area is 279 Å². The molecule has 1 amide bonds. The van der Waals surface area contributed by atoms with Crippen molar-refractivity contribution in [2.45, 2.75) is 163 Å². The number of carbonyl (C=O) groups excluding carboxylic acids is 1. The summed E-state index contributed by atoms with van der Waals surface area (Å²) in [6, 6.07) is 4.31. The first kappa shape index (κ1) is 43.6. The Balaban J connectivity index is 0.000000976. The van der Waals surface area contributed by atoms with Crippen molar-refractivity contribution in [3.05, 3.63) is 18.2 Å². The zero-order chi connectivity index (χ0) is 35.1. The Morgan fingerprint density at radius 2 is 1.18 bits per heavy atom. The Hall–Kier alpha value is -1.42. The molecule has 0 saturated heterocycles. The Morgan fingerprint density at radius 1 is 0.800 bits per heavy atom. The van der Waals surface area contributed by atoms with Crippen molar-refractivity contribution >= 4 is 30.0 Å². The topological polar surface area (TPSA) is 95.5 Å². The average Bonchev–Trinajstić information content (AvgIpc) is 2.94. The molecule has 0 heterocycles. The molecule has 264 valence electrons. The molecule has 0 aliphatic heterocycles. The second-order valence-electron chi connectivity index (χ2n) is 14.9. The summed E-state index contributed by atoms with van der Waals surface area (Å²) in [6.45, 7) is 32.8. The molecule has 0 aromatic heterocycles. The van der Waals surface area contributed by atoms with Gasteiger partial charge in [-0.3, -0.25) is 4.79 Å². The summed E-state index contributed by atoms with van der Waals surface area (Å²) in [7, 11) is -7.22. The van der Waals surface area contributed by atoms with Crippen LogP contribution < -0.4 is 9.74 Å². The third-order valence-corrected chi connectivity index (χ3v) is 16.0. The van der Waals surface area contributed by atoms with Gasteiger partial charge in [0.05, 0.1) is 36.8 Å². The number of unbranched alkanes of at least 4 members (excludes halogenated alkanes) is 4. The van der Waals surface area contributed by atoms with Crippen LogP contribution in [0.4, 0.5) is 5.69 Å². The number of amides is 1. The molecule has 0 aliphatic rings. The van der Waals surface area contributed by atoms with Gasteiger partial charge in [0.2, 0.25) is 5.91 Å². The van der Waals surface area contributed by atoms with Gasteiger partial charge in [-0.25, -0.2) is 8.42 Å². The molecule has 0 fully saturated rings. The fourth-order valence-corrected chi connectivity index (χ4v) is 12.3. The van der Waals surface area contributed by atoms with E-state index in [1.54, 1.807) is 26.8 Å². The molecular formula is C36H70N2O5SSi. The molecule has 0 saturated carbocycles. The van der Waals surface area contributed by atoms with Gasteiger partial charge in [-0.2, -0.15) is 0 Å². The quantitative estimate of drug-likeness (QED) is 0.0898. The molecule has 0 spiro atoms. The first-order valence-electron chi connectivity index (χ1n) is 17.7. The minimum Gasteiger partial charge on any atom is -0.744 e. The van der Waals surface area contributed by atoms with E-state index < -0.39 is 28.7 Å². The van der Waals surface area contributed by atoms with E-state index in [1.807, 2.05) is 0 Å². The maximum absolute atomic E-state index is 12.6. The van der Waals surface area contributed by atoms with Crippen LogP contribution in [-0.2, 0) is 14.9 Å². The van der Waals surface area contributed by atoms with Crippen molar-refractivity contribution in [3.8, 4) is 5.75 Å². The van der Waals surface area contributed by atoms with Gasteiger partial charge in [-0.1, -0.05) is 122 Å². The first-order chi connectivity index (χ1) is 20.8. The normalized spacial score (nSPS) is 12.8. The minimum absolute atomic E-state index is 0.0590. The van der Waals surface area contributed by atoms with Crippen LogP contribution in [0.2, 0.25) is 16.6 Å². The summed E-state index contributed by atoms with van der Waals surface area (Å²) >= 11 is 0. The lowest BCUT2D eigenvalue weighted by Gasteiger charge is -2.42. The molecule has 0 bridgehead atoms. The van der Waals surface area contributed by atoms with Gasteiger partial charge in [0.1, 0.15) is 15.9 Å². The molecule has 1 aromatic rings. The summed E-state index contributed by atoms with van der Waals surface area (Å²) in [5.41, 5.74) is -0.0977. The maximum Gasteiger partial charge on any atom is 0.258 e. The van der Waals surface area contributed by atoms with E-state index in [0.29, 0.717) is 0 Å². The lowest BCUT2D eigenvalue weighted by Crippen LogP contribution is -2.50.